The minimum atomic E-state index is -0.392. The molecule has 5 nitrogen and oxygen atoms in total. The topological polar surface area (TPSA) is 62.3 Å². The number of fused-ring (bicyclic) bond motifs is 1. The molecule has 1 aliphatic carbocycles. The summed E-state index contributed by atoms with van der Waals surface area (Å²) in [6, 6.07) is 3.46. The molecule has 1 unspecified atom stereocenters. The number of hydrogen-bond donors (Lipinski definition) is 1. The Hall–Kier alpha value is -2.43. The molecule has 1 aromatic heterocycles. The van der Waals surface area contributed by atoms with E-state index in [9.17, 15) is 9.59 Å². The van der Waals surface area contributed by atoms with E-state index in [4.69, 9.17) is 0 Å². The summed E-state index contributed by atoms with van der Waals surface area (Å²) in [5.41, 5.74) is 1.88. The molecule has 1 fully saturated rings. The second kappa shape index (κ2) is 5.65. The zero-order valence-corrected chi connectivity index (χ0v) is 13.7. The first kappa shape index (κ1) is 15.5. The van der Waals surface area contributed by atoms with Gasteiger partial charge in [-0.25, -0.2) is 0 Å². The number of allylic oxidation sites excluding steroid dienone is 3. The fraction of sp³-hybridized carbons (Fsp3) is 0.389. The van der Waals surface area contributed by atoms with Crippen molar-refractivity contribution in [1.29, 1.82) is 0 Å². The van der Waals surface area contributed by atoms with Crippen LogP contribution in [0.2, 0.25) is 0 Å². The Labute approximate surface area is 136 Å². The number of rotatable bonds is 3. The Balaban J connectivity index is 1.83. The van der Waals surface area contributed by atoms with Crippen LogP contribution in [0.4, 0.5) is 0 Å². The van der Waals surface area contributed by atoms with Gasteiger partial charge < -0.3 is 10.2 Å². The van der Waals surface area contributed by atoms with Crippen LogP contribution in [-0.2, 0) is 4.79 Å². The number of hydrogen-bond acceptors (Lipinski definition) is 3. The highest BCUT2D eigenvalue weighted by Gasteiger charge is 2.50. The molecule has 1 aromatic rings. The zero-order chi connectivity index (χ0) is 16.6. The van der Waals surface area contributed by atoms with Crippen LogP contribution in [0.15, 0.2) is 48.1 Å². The van der Waals surface area contributed by atoms with Crippen LogP contribution in [0.5, 0.6) is 0 Å². The Morgan fingerprint density at radius 2 is 2.26 bits per heavy atom. The van der Waals surface area contributed by atoms with Gasteiger partial charge in [0.15, 0.2) is 0 Å². The van der Waals surface area contributed by atoms with E-state index in [1.54, 1.807) is 18.3 Å². The van der Waals surface area contributed by atoms with E-state index in [0.717, 1.165) is 17.8 Å². The SMILES string of the molecule is CCN1C(=O)C(C)(C)C2CC=C(NC(=O)c3cccnc3)C=C21. The minimum absolute atomic E-state index is 0.157. The number of carbonyl (C=O) groups is 2. The average molecular weight is 311 g/mol. The maximum Gasteiger partial charge on any atom is 0.257 e. The molecular weight excluding hydrogens is 290 g/mol. The molecule has 0 aromatic carbocycles. The van der Waals surface area contributed by atoms with Gasteiger partial charge in [0.05, 0.1) is 11.0 Å². The lowest BCUT2D eigenvalue weighted by atomic mass is 9.76. The third-order valence-corrected chi connectivity index (χ3v) is 4.71. The molecule has 2 aliphatic rings. The van der Waals surface area contributed by atoms with Crippen molar-refractivity contribution in [2.75, 3.05) is 6.54 Å². The van der Waals surface area contributed by atoms with Gasteiger partial charge in [-0.2, -0.15) is 0 Å². The van der Waals surface area contributed by atoms with E-state index in [1.165, 1.54) is 6.20 Å². The highest BCUT2D eigenvalue weighted by molar-refractivity contribution is 5.95. The first-order valence-electron chi connectivity index (χ1n) is 7.90. The molecule has 1 N–H and O–H groups in total. The molecular formula is C18H21N3O2. The molecule has 2 heterocycles. The lowest BCUT2D eigenvalue weighted by Crippen LogP contribution is -2.31. The van der Waals surface area contributed by atoms with Crippen molar-refractivity contribution in [3.8, 4) is 0 Å². The molecule has 1 aliphatic heterocycles. The van der Waals surface area contributed by atoms with E-state index in [1.807, 2.05) is 37.8 Å². The van der Waals surface area contributed by atoms with Crippen LogP contribution in [0, 0.1) is 11.3 Å². The zero-order valence-electron chi connectivity index (χ0n) is 13.7. The Bertz CT molecular complexity index is 704. The molecule has 5 heteroatoms. The van der Waals surface area contributed by atoms with Gasteiger partial charge in [0.25, 0.3) is 5.91 Å². The maximum atomic E-state index is 12.5. The van der Waals surface area contributed by atoms with Gasteiger partial charge in [-0.05, 0) is 31.6 Å². The quantitative estimate of drug-likeness (QED) is 0.933. The van der Waals surface area contributed by atoms with Crippen LogP contribution in [0.25, 0.3) is 0 Å². The number of nitrogens with one attached hydrogen (secondary N) is 1. The largest absolute Gasteiger partial charge is 0.322 e. The van der Waals surface area contributed by atoms with E-state index in [0.29, 0.717) is 12.1 Å². The highest BCUT2D eigenvalue weighted by Crippen LogP contribution is 2.47. The van der Waals surface area contributed by atoms with E-state index in [2.05, 4.69) is 10.3 Å². The first-order chi connectivity index (χ1) is 10.9. The molecule has 3 rings (SSSR count). The standard InChI is InChI=1S/C18H21N3O2/c1-4-21-15-10-13(7-8-14(15)18(2,3)17(21)23)20-16(22)12-6-5-9-19-11-12/h5-7,9-11,14H,4,8H2,1-3H3,(H,20,22). The van der Waals surface area contributed by atoms with Gasteiger partial charge in [-0.15, -0.1) is 0 Å². The number of nitrogens with zero attached hydrogens (tertiary/aromatic N) is 2. The molecule has 1 saturated heterocycles. The lowest BCUT2D eigenvalue weighted by Gasteiger charge is -2.26. The van der Waals surface area contributed by atoms with Crippen LogP contribution in [0.1, 0.15) is 37.6 Å². The maximum absolute atomic E-state index is 12.5. The van der Waals surface area contributed by atoms with Crippen molar-refractivity contribution in [2.24, 2.45) is 11.3 Å². The summed E-state index contributed by atoms with van der Waals surface area (Å²) in [6.45, 7) is 6.62. The second-order valence-electron chi connectivity index (χ2n) is 6.48. The summed E-state index contributed by atoms with van der Waals surface area (Å²) < 4.78 is 0. The van der Waals surface area contributed by atoms with Gasteiger partial charge in [-0.3, -0.25) is 14.6 Å². The van der Waals surface area contributed by atoms with Crippen molar-refractivity contribution >= 4 is 11.8 Å². The van der Waals surface area contributed by atoms with E-state index >= 15 is 0 Å². The number of likely N-dealkylation sites (tertiary alicyclic amines) is 1. The van der Waals surface area contributed by atoms with Crippen molar-refractivity contribution in [3.63, 3.8) is 0 Å². The fourth-order valence-corrected chi connectivity index (χ4v) is 3.34. The van der Waals surface area contributed by atoms with Crippen LogP contribution >= 0.6 is 0 Å². The third-order valence-electron chi connectivity index (χ3n) is 4.71. The predicted octanol–water partition coefficient (Wildman–Crippen LogP) is 2.49. The number of carbonyl (C=O) groups excluding carboxylic acids is 2. The average Bonchev–Trinajstić information content (AvgIpc) is 2.74. The fourth-order valence-electron chi connectivity index (χ4n) is 3.34. The summed E-state index contributed by atoms with van der Waals surface area (Å²) in [6.07, 6.45) is 7.85. The normalized spacial score (nSPS) is 22.3. The van der Waals surface area contributed by atoms with E-state index < -0.39 is 5.41 Å². The molecule has 0 saturated carbocycles. The monoisotopic (exact) mass is 311 g/mol. The Morgan fingerprint density at radius 3 is 2.91 bits per heavy atom. The summed E-state index contributed by atoms with van der Waals surface area (Å²) in [5, 5.41) is 2.90. The van der Waals surface area contributed by atoms with Gasteiger partial charge >= 0.3 is 0 Å². The molecule has 2 amide bonds. The molecule has 0 radical (unpaired) electrons. The summed E-state index contributed by atoms with van der Waals surface area (Å²) in [4.78, 5) is 30.6. The first-order valence-corrected chi connectivity index (χ1v) is 7.90. The van der Waals surface area contributed by atoms with Crippen LogP contribution in [-0.4, -0.2) is 28.2 Å². The lowest BCUT2D eigenvalue weighted by molar-refractivity contribution is -0.134. The number of amides is 2. The van der Waals surface area contributed by atoms with Gasteiger partial charge in [0.2, 0.25) is 5.91 Å². The summed E-state index contributed by atoms with van der Waals surface area (Å²) in [7, 11) is 0. The van der Waals surface area contributed by atoms with Crippen LogP contribution < -0.4 is 5.32 Å². The van der Waals surface area contributed by atoms with Gasteiger partial charge in [-0.1, -0.05) is 19.9 Å². The van der Waals surface area contributed by atoms with Crippen molar-refractivity contribution in [3.05, 3.63) is 53.6 Å². The van der Waals surface area contributed by atoms with Gasteiger partial charge in [0, 0.05) is 36.3 Å². The minimum Gasteiger partial charge on any atom is -0.322 e. The highest BCUT2D eigenvalue weighted by atomic mass is 16.2. The van der Waals surface area contributed by atoms with Crippen molar-refractivity contribution in [2.45, 2.75) is 27.2 Å². The number of pyridine rings is 1. The number of aromatic nitrogens is 1. The second-order valence-corrected chi connectivity index (χ2v) is 6.48. The predicted molar refractivity (Wildman–Crippen MR) is 87.1 cm³/mol. The van der Waals surface area contributed by atoms with Crippen LogP contribution in [0.3, 0.4) is 0 Å². The van der Waals surface area contributed by atoms with Crippen molar-refractivity contribution in [1.82, 2.24) is 15.2 Å². The summed E-state index contributed by atoms with van der Waals surface area (Å²) >= 11 is 0. The Kier molecular flexibility index (Phi) is 3.80. The summed E-state index contributed by atoms with van der Waals surface area (Å²) in [5.74, 6) is 0.143. The molecule has 1 atom stereocenters. The molecule has 23 heavy (non-hydrogen) atoms. The van der Waals surface area contributed by atoms with Crippen molar-refractivity contribution < 1.29 is 9.59 Å². The molecule has 0 bridgehead atoms. The molecule has 120 valence electrons. The molecule has 0 spiro atoms. The third kappa shape index (κ3) is 2.56. The smallest absolute Gasteiger partial charge is 0.257 e. The van der Waals surface area contributed by atoms with Gasteiger partial charge in [0.1, 0.15) is 0 Å². The van der Waals surface area contributed by atoms with E-state index in [-0.39, 0.29) is 17.7 Å². The Morgan fingerprint density at radius 1 is 1.48 bits per heavy atom.